The molecule has 32 heavy (non-hydrogen) atoms. The van der Waals surface area contributed by atoms with E-state index < -0.39 is 10.0 Å². The minimum absolute atomic E-state index is 0.0906. The first-order valence-corrected chi connectivity index (χ1v) is 13.6. The fourth-order valence-corrected chi connectivity index (χ4v) is 6.40. The second-order valence-electron chi connectivity index (χ2n) is 8.92. The Morgan fingerprint density at radius 3 is 2.62 bits per heavy atom. The Hall–Kier alpha value is -1.85. The maximum atomic E-state index is 12.9. The van der Waals surface area contributed by atoms with Gasteiger partial charge >= 0.3 is 0 Å². The average molecular weight is 476 g/mol. The summed E-state index contributed by atoms with van der Waals surface area (Å²) in [7, 11) is -3.75. The standard InChI is InChI=1S/C22H29N5O3S2/c23-32(29,30)18-6-1-3-16(13-18)22-24-19-7-8-25(14-20(19)31-22)15-21(28)27-11-9-26(10-12-27)17-4-2-5-17/h1,3,6,13,17H,2,4-5,7-12,14-15H2,(H2,23,29,30). The molecular formula is C22H29N5O3S2. The summed E-state index contributed by atoms with van der Waals surface area (Å²) in [6.45, 7) is 5.61. The molecule has 1 saturated carbocycles. The molecule has 1 amide bonds. The van der Waals surface area contributed by atoms with Crippen LogP contribution in [0, 0.1) is 0 Å². The van der Waals surface area contributed by atoms with Gasteiger partial charge in [-0.1, -0.05) is 18.6 Å². The van der Waals surface area contributed by atoms with Gasteiger partial charge in [0, 0.05) is 62.2 Å². The first kappa shape index (κ1) is 22.0. The molecular weight excluding hydrogens is 446 g/mol. The van der Waals surface area contributed by atoms with E-state index in [0.717, 1.165) is 66.3 Å². The molecule has 0 radical (unpaired) electrons. The number of hydrogen-bond donors (Lipinski definition) is 1. The third kappa shape index (κ3) is 4.60. The van der Waals surface area contributed by atoms with Gasteiger partial charge in [0.05, 0.1) is 17.1 Å². The minimum Gasteiger partial charge on any atom is -0.339 e. The van der Waals surface area contributed by atoms with E-state index in [1.807, 2.05) is 11.0 Å². The molecule has 0 spiro atoms. The predicted octanol–water partition coefficient (Wildman–Crippen LogP) is 1.51. The lowest BCUT2D eigenvalue weighted by Crippen LogP contribution is -2.55. The average Bonchev–Trinajstić information content (AvgIpc) is 3.16. The van der Waals surface area contributed by atoms with Crippen molar-refractivity contribution in [2.45, 2.75) is 43.2 Å². The van der Waals surface area contributed by atoms with Crippen molar-refractivity contribution in [3.8, 4) is 10.6 Å². The summed E-state index contributed by atoms with van der Waals surface area (Å²) >= 11 is 1.57. The molecule has 2 aromatic rings. The van der Waals surface area contributed by atoms with Crippen molar-refractivity contribution in [2.75, 3.05) is 39.3 Å². The highest BCUT2D eigenvalue weighted by Crippen LogP contribution is 2.32. The SMILES string of the molecule is NS(=O)(=O)c1cccc(-c2nc3c(s2)CN(CC(=O)N2CCN(C4CCC4)CC2)CC3)c1. The van der Waals surface area contributed by atoms with Gasteiger partial charge < -0.3 is 4.90 Å². The number of amides is 1. The molecule has 172 valence electrons. The molecule has 3 aliphatic rings. The number of piperazine rings is 1. The van der Waals surface area contributed by atoms with E-state index in [4.69, 9.17) is 10.1 Å². The number of carbonyl (C=O) groups excluding carboxylic acids is 1. The molecule has 2 fully saturated rings. The number of sulfonamides is 1. The van der Waals surface area contributed by atoms with E-state index in [2.05, 4.69) is 9.80 Å². The Morgan fingerprint density at radius 1 is 1.16 bits per heavy atom. The van der Waals surface area contributed by atoms with Gasteiger partial charge in [-0.05, 0) is 25.0 Å². The Kier molecular flexibility index (Phi) is 6.06. The Labute approximate surface area is 193 Å². The molecule has 8 nitrogen and oxygen atoms in total. The zero-order valence-corrected chi connectivity index (χ0v) is 19.7. The number of hydrogen-bond acceptors (Lipinski definition) is 7. The van der Waals surface area contributed by atoms with E-state index in [9.17, 15) is 13.2 Å². The van der Waals surface area contributed by atoms with Crippen molar-refractivity contribution < 1.29 is 13.2 Å². The smallest absolute Gasteiger partial charge is 0.238 e. The van der Waals surface area contributed by atoms with E-state index in [1.165, 1.54) is 25.3 Å². The summed E-state index contributed by atoms with van der Waals surface area (Å²) in [5, 5.41) is 6.06. The maximum absolute atomic E-state index is 12.9. The highest BCUT2D eigenvalue weighted by Gasteiger charge is 2.30. The molecule has 2 aliphatic heterocycles. The molecule has 2 N–H and O–H groups in total. The van der Waals surface area contributed by atoms with Crippen LogP contribution in [0.3, 0.4) is 0 Å². The number of benzene rings is 1. The quantitative estimate of drug-likeness (QED) is 0.704. The van der Waals surface area contributed by atoms with Crippen LogP contribution in [0.5, 0.6) is 0 Å². The van der Waals surface area contributed by atoms with Crippen molar-refractivity contribution in [3.05, 3.63) is 34.8 Å². The summed E-state index contributed by atoms with van der Waals surface area (Å²) in [5.74, 6) is 0.215. The van der Waals surface area contributed by atoms with Crippen LogP contribution in [-0.4, -0.2) is 79.3 Å². The Morgan fingerprint density at radius 2 is 1.94 bits per heavy atom. The topological polar surface area (TPSA) is 99.8 Å². The highest BCUT2D eigenvalue weighted by molar-refractivity contribution is 7.89. The number of thiazole rings is 1. The van der Waals surface area contributed by atoms with Crippen LogP contribution in [0.4, 0.5) is 0 Å². The summed E-state index contributed by atoms with van der Waals surface area (Å²) in [6, 6.07) is 7.35. The van der Waals surface area contributed by atoms with Crippen LogP contribution in [-0.2, 0) is 27.8 Å². The zero-order valence-electron chi connectivity index (χ0n) is 18.1. The Bertz CT molecular complexity index is 1100. The number of nitrogens with zero attached hydrogens (tertiary/aromatic N) is 4. The van der Waals surface area contributed by atoms with Gasteiger partial charge in [0.1, 0.15) is 5.01 Å². The minimum atomic E-state index is -3.75. The van der Waals surface area contributed by atoms with Crippen molar-refractivity contribution in [2.24, 2.45) is 5.14 Å². The maximum Gasteiger partial charge on any atom is 0.238 e. The van der Waals surface area contributed by atoms with Crippen LogP contribution in [0.15, 0.2) is 29.2 Å². The van der Waals surface area contributed by atoms with Gasteiger partial charge in [0.25, 0.3) is 0 Å². The van der Waals surface area contributed by atoms with Gasteiger partial charge in [-0.2, -0.15) is 0 Å². The van der Waals surface area contributed by atoms with Gasteiger partial charge in [0.2, 0.25) is 15.9 Å². The molecule has 1 aliphatic carbocycles. The van der Waals surface area contributed by atoms with Gasteiger partial charge in [-0.25, -0.2) is 18.5 Å². The van der Waals surface area contributed by atoms with Crippen LogP contribution in [0.2, 0.25) is 0 Å². The van der Waals surface area contributed by atoms with E-state index >= 15 is 0 Å². The molecule has 5 rings (SSSR count). The molecule has 0 unspecified atom stereocenters. The molecule has 0 atom stereocenters. The fraction of sp³-hybridized carbons (Fsp3) is 0.545. The third-order valence-electron chi connectivity index (χ3n) is 6.84. The van der Waals surface area contributed by atoms with Crippen LogP contribution < -0.4 is 5.14 Å². The molecule has 1 aromatic heterocycles. The monoisotopic (exact) mass is 475 g/mol. The summed E-state index contributed by atoms with van der Waals surface area (Å²) in [4.78, 5) is 25.6. The molecule has 0 bridgehead atoms. The van der Waals surface area contributed by atoms with Crippen LogP contribution in [0.1, 0.15) is 29.8 Å². The first-order valence-electron chi connectivity index (χ1n) is 11.2. The number of rotatable bonds is 5. The van der Waals surface area contributed by atoms with Crippen molar-refractivity contribution in [1.29, 1.82) is 0 Å². The molecule has 10 heteroatoms. The number of fused-ring (bicyclic) bond motifs is 1. The summed E-state index contributed by atoms with van der Waals surface area (Å²) in [6.07, 6.45) is 4.77. The van der Waals surface area contributed by atoms with Gasteiger partial charge in [-0.3, -0.25) is 14.6 Å². The lowest BCUT2D eigenvalue weighted by Gasteiger charge is -2.43. The van der Waals surface area contributed by atoms with Crippen molar-refractivity contribution >= 4 is 27.3 Å². The van der Waals surface area contributed by atoms with Gasteiger partial charge in [-0.15, -0.1) is 11.3 Å². The van der Waals surface area contributed by atoms with Gasteiger partial charge in [0.15, 0.2) is 0 Å². The van der Waals surface area contributed by atoms with Crippen molar-refractivity contribution in [1.82, 2.24) is 19.7 Å². The van der Waals surface area contributed by atoms with E-state index in [-0.39, 0.29) is 10.8 Å². The van der Waals surface area contributed by atoms with Crippen LogP contribution >= 0.6 is 11.3 Å². The zero-order chi connectivity index (χ0) is 22.3. The summed E-state index contributed by atoms with van der Waals surface area (Å²) in [5.41, 5.74) is 1.80. The third-order valence-corrected chi connectivity index (χ3v) is 8.88. The van der Waals surface area contributed by atoms with E-state index in [1.54, 1.807) is 23.5 Å². The Balaban J connectivity index is 1.20. The van der Waals surface area contributed by atoms with Crippen LogP contribution in [0.25, 0.3) is 10.6 Å². The second kappa shape index (κ2) is 8.83. The molecule has 1 aromatic carbocycles. The predicted molar refractivity (Wildman–Crippen MR) is 124 cm³/mol. The van der Waals surface area contributed by atoms with Crippen molar-refractivity contribution in [3.63, 3.8) is 0 Å². The second-order valence-corrected chi connectivity index (χ2v) is 11.6. The fourth-order valence-electron chi connectivity index (χ4n) is 4.69. The summed E-state index contributed by atoms with van der Waals surface area (Å²) < 4.78 is 23.3. The number of aromatic nitrogens is 1. The number of carbonyl (C=O) groups is 1. The number of primary sulfonamides is 1. The van der Waals surface area contributed by atoms with E-state index in [0.29, 0.717) is 13.1 Å². The molecule has 3 heterocycles. The lowest BCUT2D eigenvalue weighted by atomic mass is 9.91. The first-order chi connectivity index (χ1) is 15.4. The largest absolute Gasteiger partial charge is 0.339 e. The number of nitrogens with two attached hydrogens (primary N) is 1. The molecule has 1 saturated heterocycles. The normalized spacial score (nSPS) is 20.7. The highest BCUT2D eigenvalue weighted by atomic mass is 32.2. The lowest BCUT2D eigenvalue weighted by molar-refractivity contribution is -0.135.